The maximum absolute atomic E-state index is 10.7. The van der Waals surface area contributed by atoms with Gasteiger partial charge in [0, 0.05) is 0 Å². The predicted octanol–water partition coefficient (Wildman–Crippen LogP) is 0.730. The van der Waals surface area contributed by atoms with E-state index in [1.165, 1.54) is 6.92 Å². The van der Waals surface area contributed by atoms with Crippen LogP contribution in [-0.4, -0.2) is 27.7 Å². The van der Waals surface area contributed by atoms with Gasteiger partial charge in [0.2, 0.25) is 0 Å². The van der Waals surface area contributed by atoms with Gasteiger partial charge in [0.05, 0.1) is 17.9 Å². The molecule has 0 saturated carbocycles. The topological polar surface area (TPSA) is 70.1 Å². The van der Waals surface area contributed by atoms with E-state index in [1.807, 2.05) is 6.92 Å². The Kier molecular flexibility index (Phi) is 2.40. The number of ether oxygens (including phenoxy) is 1. The van der Waals surface area contributed by atoms with Crippen molar-refractivity contribution in [2.24, 2.45) is 0 Å². The van der Waals surface area contributed by atoms with Crippen molar-refractivity contribution in [2.75, 3.05) is 0 Å². The molecule has 0 bridgehead atoms. The van der Waals surface area contributed by atoms with E-state index in [0.717, 1.165) is 6.42 Å². The van der Waals surface area contributed by atoms with E-state index in [1.54, 1.807) is 0 Å². The lowest BCUT2D eigenvalue weighted by Crippen LogP contribution is -2.13. The minimum Gasteiger partial charge on any atom is -0.369 e. The van der Waals surface area contributed by atoms with Crippen LogP contribution in [0.4, 0.5) is 0 Å². The molecule has 0 aromatic carbocycles. The van der Waals surface area contributed by atoms with Crippen LogP contribution < -0.4 is 0 Å². The summed E-state index contributed by atoms with van der Waals surface area (Å²) in [5.74, 6) is 0. The molecular weight excluding hydrogens is 167 g/mol. The SMILES string of the molecule is CCC1OC1C(C)P(=O)(O)O. The Morgan fingerprint density at radius 1 is 1.64 bits per heavy atom. The molecule has 3 atom stereocenters. The van der Waals surface area contributed by atoms with E-state index < -0.39 is 13.3 Å². The maximum atomic E-state index is 10.7. The highest BCUT2D eigenvalue weighted by Crippen LogP contribution is 2.48. The summed E-state index contributed by atoms with van der Waals surface area (Å²) in [5, 5.41) is 0. The van der Waals surface area contributed by atoms with E-state index in [0.29, 0.717) is 0 Å². The third kappa shape index (κ3) is 2.03. The third-order valence-electron chi connectivity index (χ3n) is 2.03. The van der Waals surface area contributed by atoms with Crippen molar-refractivity contribution in [3.05, 3.63) is 0 Å². The number of epoxide rings is 1. The van der Waals surface area contributed by atoms with Gasteiger partial charge in [-0.3, -0.25) is 4.57 Å². The van der Waals surface area contributed by atoms with Crippen molar-refractivity contribution >= 4 is 7.60 Å². The Balaban J connectivity index is 2.46. The van der Waals surface area contributed by atoms with E-state index in [4.69, 9.17) is 14.5 Å². The Bertz CT molecular complexity index is 187. The molecule has 0 aliphatic carbocycles. The molecule has 5 heteroatoms. The zero-order chi connectivity index (χ0) is 8.65. The van der Waals surface area contributed by atoms with Gasteiger partial charge >= 0.3 is 7.60 Å². The van der Waals surface area contributed by atoms with Gasteiger partial charge in [0.15, 0.2) is 0 Å². The molecule has 3 unspecified atom stereocenters. The van der Waals surface area contributed by atoms with Crippen LogP contribution in [-0.2, 0) is 9.30 Å². The van der Waals surface area contributed by atoms with Crippen LogP contribution in [0.5, 0.6) is 0 Å². The molecule has 4 nitrogen and oxygen atoms in total. The highest BCUT2D eigenvalue weighted by Gasteiger charge is 2.48. The fourth-order valence-corrected chi connectivity index (χ4v) is 1.75. The first-order valence-electron chi connectivity index (χ1n) is 3.67. The lowest BCUT2D eigenvalue weighted by Gasteiger charge is -2.09. The lowest BCUT2D eigenvalue weighted by molar-refractivity contribution is 0.327. The average molecular weight is 180 g/mol. The quantitative estimate of drug-likeness (QED) is 0.496. The van der Waals surface area contributed by atoms with Crippen LogP contribution in [0.1, 0.15) is 20.3 Å². The average Bonchev–Trinajstić information content (AvgIpc) is 2.62. The first-order valence-corrected chi connectivity index (χ1v) is 5.35. The summed E-state index contributed by atoms with van der Waals surface area (Å²) >= 11 is 0. The summed E-state index contributed by atoms with van der Waals surface area (Å²) in [7, 11) is -3.93. The molecule has 2 N–H and O–H groups in total. The van der Waals surface area contributed by atoms with E-state index >= 15 is 0 Å². The van der Waals surface area contributed by atoms with Gasteiger partial charge in [-0.2, -0.15) is 0 Å². The normalized spacial score (nSPS) is 33.5. The second-order valence-corrected chi connectivity index (χ2v) is 4.87. The first kappa shape index (κ1) is 9.20. The fourth-order valence-electron chi connectivity index (χ4n) is 1.10. The summed E-state index contributed by atoms with van der Waals surface area (Å²) in [5.41, 5.74) is -0.646. The molecule has 1 aliphatic rings. The molecule has 1 saturated heterocycles. The molecule has 1 aliphatic heterocycles. The number of hydrogen-bond acceptors (Lipinski definition) is 2. The van der Waals surface area contributed by atoms with Gasteiger partial charge in [-0.15, -0.1) is 0 Å². The van der Waals surface area contributed by atoms with Crippen molar-refractivity contribution in [1.29, 1.82) is 0 Å². The minimum atomic E-state index is -3.93. The minimum absolute atomic E-state index is 0.0672. The van der Waals surface area contributed by atoms with Gasteiger partial charge in [-0.1, -0.05) is 6.92 Å². The Morgan fingerprint density at radius 2 is 2.18 bits per heavy atom. The largest absolute Gasteiger partial charge is 0.369 e. The summed E-state index contributed by atoms with van der Waals surface area (Å²) < 4.78 is 15.8. The molecule has 66 valence electrons. The molecule has 0 spiro atoms. The number of rotatable bonds is 3. The summed E-state index contributed by atoms with van der Waals surface area (Å²) in [4.78, 5) is 17.5. The molecule has 11 heavy (non-hydrogen) atoms. The molecule has 1 heterocycles. The van der Waals surface area contributed by atoms with E-state index in [2.05, 4.69) is 0 Å². The van der Waals surface area contributed by atoms with Gasteiger partial charge in [-0.25, -0.2) is 0 Å². The molecule has 0 aromatic heterocycles. The number of hydrogen-bond donors (Lipinski definition) is 2. The van der Waals surface area contributed by atoms with Gasteiger partial charge < -0.3 is 14.5 Å². The molecule has 0 amide bonds. The zero-order valence-corrected chi connectivity index (χ0v) is 7.49. The highest BCUT2D eigenvalue weighted by molar-refractivity contribution is 7.52. The van der Waals surface area contributed by atoms with Crippen LogP contribution in [0, 0.1) is 0 Å². The van der Waals surface area contributed by atoms with E-state index in [-0.39, 0.29) is 12.2 Å². The van der Waals surface area contributed by atoms with Crippen LogP contribution in [0.15, 0.2) is 0 Å². The zero-order valence-electron chi connectivity index (χ0n) is 6.60. The molecule has 0 radical (unpaired) electrons. The predicted molar refractivity (Wildman–Crippen MR) is 40.5 cm³/mol. The standard InChI is InChI=1S/C6H13O4P/c1-3-5-6(10-5)4(2)11(7,8)9/h4-6H,3H2,1-2H3,(H2,7,8,9). The van der Waals surface area contributed by atoms with Crippen LogP contribution in [0.25, 0.3) is 0 Å². The Hall–Kier alpha value is 0.110. The van der Waals surface area contributed by atoms with Crippen LogP contribution >= 0.6 is 7.60 Å². The van der Waals surface area contributed by atoms with Crippen molar-refractivity contribution in [2.45, 2.75) is 38.1 Å². The van der Waals surface area contributed by atoms with Crippen LogP contribution in [0.3, 0.4) is 0 Å². The monoisotopic (exact) mass is 180 g/mol. The van der Waals surface area contributed by atoms with E-state index in [9.17, 15) is 4.57 Å². The molecule has 1 fully saturated rings. The van der Waals surface area contributed by atoms with Gasteiger partial charge in [0.1, 0.15) is 0 Å². The maximum Gasteiger partial charge on any atom is 0.331 e. The van der Waals surface area contributed by atoms with Gasteiger partial charge in [0.25, 0.3) is 0 Å². The third-order valence-corrected chi connectivity index (χ3v) is 3.39. The molecule has 1 rings (SSSR count). The second kappa shape index (κ2) is 2.87. The van der Waals surface area contributed by atoms with Crippen molar-refractivity contribution in [1.82, 2.24) is 0 Å². The fraction of sp³-hybridized carbons (Fsp3) is 1.00. The second-order valence-electron chi connectivity index (χ2n) is 2.88. The smallest absolute Gasteiger partial charge is 0.331 e. The Morgan fingerprint density at radius 3 is 2.45 bits per heavy atom. The summed E-state index contributed by atoms with van der Waals surface area (Å²) in [6.45, 7) is 3.47. The van der Waals surface area contributed by atoms with Crippen molar-refractivity contribution in [3.63, 3.8) is 0 Å². The highest BCUT2D eigenvalue weighted by atomic mass is 31.2. The molecular formula is C6H13O4P. The summed E-state index contributed by atoms with van der Waals surface area (Å²) in [6, 6.07) is 0. The first-order chi connectivity index (χ1) is 4.96. The van der Waals surface area contributed by atoms with Gasteiger partial charge in [-0.05, 0) is 13.3 Å². The van der Waals surface area contributed by atoms with Crippen molar-refractivity contribution in [3.8, 4) is 0 Å². The Labute approximate surface area is 65.7 Å². The van der Waals surface area contributed by atoms with Crippen LogP contribution in [0.2, 0.25) is 0 Å². The molecule has 0 aromatic rings. The lowest BCUT2D eigenvalue weighted by atomic mass is 10.2. The van der Waals surface area contributed by atoms with Crippen molar-refractivity contribution < 1.29 is 19.1 Å². The summed E-state index contributed by atoms with van der Waals surface area (Å²) in [6.07, 6.45) is 0.674.